The van der Waals surface area contributed by atoms with Crippen LogP contribution in [0.2, 0.25) is 0 Å². The van der Waals surface area contributed by atoms with Crippen LogP contribution in [0.1, 0.15) is 25.7 Å². The summed E-state index contributed by atoms with van der Waals surface area (Å²) in [7, 11) is 1.92. The van der Waals surface area contributed by atoms with E-state index in [9.17, 15) is 4.79 Å². The van der Waals surface area contributed by atoms with Gasteiger partial charge in [0, 0.05) is 30.7 Å². The molecule has 0 aliphatic carbocycles. The van der Waals surface area contributed by atoms with E-state index in [0.717, 1.165) is 29.7 Å². The molecule has 0 saturated carbocycles. The minimum absolute atomic E-state index is 0.0548. The number of carbonyl (C=O) groups is 1. The number of carbonyl (C=O) groups excluding carboxylic acids is 1. The van der Waals surface area contributed by atoms with Crippen LogP contribution < -0.4 is 10.1 Å². The smallest absolute Gasteiger partial charge is 0.260 e. The second kappa shape index (κ2) is 7.50. The lowest BCUT2D eigenvalue weighted by molar-refractivity contribution is -0.134. The lowest BCUT2D eigenvalue weighted by Crippen LogP contribution is -2.49. The molecule has 2 bridgehead atoms. The van der Waals surface area contributed by atoms with Crippen molar-refractivity contribution in [3.05, 3.63) is 54.6 Å². The molecule has 2 aliphatic rings. The van der Waals surface area contributed by atoms with Crippen LogP contribution in [-0.4, -0.2) is 42.6 Å². The van der Waals surface area contributed by atoms with Gasteiger partial charge in [0.25, 0.3) is 5.91 Å². The first-order valence-electron chi connectivity index (χ1n) is 9.49. The highest BCUT2D eigenvalue weighted by Crippen LogP contribution is 2.31. The predicted molar refractivity (Wildman–Crippen MR) is 103 cm³/mol. The van der Waals surface area contributed by atoms with E-state index < -0.39 is 0 Å². The van der Waals surface area contributed by atoms with Gasteiger partial charge in [-0.1, -0.05) is 48.5 Å². The molecule has 2 heterocycles. The third kappa shape index (κ3) is 3.61. The Balaban J connectivity index is 1.40. The number of rotatable bonds is 5. The molecule has 4 rings (SSSR count). The Hall–Kier alpha value is -2.33. The van der Waals surface area contributed by atoms with Gasteiger partial charge in [-0.25, -0.2) is 0 Å². The largest absolute Gasteiger partial charge is 0.483 e. The number of fused-ring (bicyclic) bond motifs is 2. The minimum Gasteiger partial charge on any atom is -0.483 e. The zero-order chi connectivity index (χ0) is 17.9. The molecule has 1 N–H and O–H groups in total. The van der Waals surface area contributed by atoms with E-state index in [1.165, 1.54) is 12.8 Å². The Bertz CT molecular complexity index is 750. The van der Waals surface area contributed by atoms with E-state index in [4.69, 9.17) is 4.74 Å². The molecule has 2 aliphatic heterocycles. The second-order valence-electron chi connectivity index (χ2n) is 7.42. The lowest BCUT2D eigenvalue weighted by atomic mass is 9.98. The van der Waals surface area contributed by atoms with Crippen LogP contribution in [-0.2, 0) is 4.79 Å². The molecule has 26 heavy (non-hydrogen) atoms. The third-order valence-electron chi connectivity index (χ3n) is 5.71. The molecular formula is C22H26N2O2. The average Bonchev–Trinajstić information content (AvgIpc) is 3.04. The Morgan fingerprint density at radius 1 is 1.04 bits per heavy atom. The molecular weight excluding hydrogens is 324 g/mol. The van der Waals surface area contributed by atoms with Crippen LogP contribution in [0.25, 0.3) is 11.1 Å². The van der Waals surface area contributed by atoms with Crippen molar-refractivity contribution < 1.29 is 9.53 Å². The fourth-order valence-corrected chi connectivity index (χ4v) is 4.24. The fourth-order valence-electron chi connectivity index (χ4n) is 4.24. The second-order valence-corrected chi connectivity index (χ2v) is 7.42. The molecule has 2 unspecified atom stereocenters. The number of hydrogen-bond donors (Lipinski definition) is 1. The zero-order valence-corrected chi connectivity index (χ0v) is 15.2. The number of para-hydroxylation sites is 1. The van der Waals surface area contributed by atoms with Crippen molar-refractivity contribution in [2.75, 3.05) is 13.7 Å². The van der Waals surface area contributed by atoms with E-state index in [1.807, 2.05) is 54.4 Å². The Labute approximate surface area is 155 Å². The van der Waals surface area contributed by atoms with Gasteiger partial charge < -0.3 is 15.0 Å². The molecule has 4 heteroatoms. The molecule has 1 amide bonds. The van der Waals surface area contributed by atoms with E-state index in [2.05, 4.69) is 17.4 Å². The van der Waals surface area contributed by atoms with Gasteiger partial charge in [0.15, 0.2) is 6.61 Å². The highest BCUT2D eigenvalue weighted by atomic mass is 16.5. The minimum atomic E-state index is 0.0548. The summed E-state index contributed by atoms with van der Waals surface area (Å²) in [6, 6.07) is 19.5. The summed E-state index contributed by atoms with van der Waals surface area (Å²) in [4.78, 5) is 14.6. The van der Waals surface area contributed by atoms with Gasteiger partial charge >= 0.3 is 0 Å². The van der Waals surface area contributed by atoms with Crippen molar-refractivity contribution in [3.8, 4) is 16.9 Å². The molecule has 2 aromatic carbocycles. The van der Waals surface area contributed by atoms with Crippen molar-refractivity contribution in [3.63, 3.8) is 0 Å². The number of amides is 1. The number of piperidine rings is 1. The topological polar surface area (TPSA) is 41.6 Å². The Kier molecular flexibility index (Phi) is 4.93. The summed E-state index contributed by atoms with van der Waals surface area (Å²) >= 11 is 0. The number of ether oxygens (including phenoxy) is 1. The molecule has 136 valence electrons. The maximum absolute atomic E-state index is 12.7. The quantitative estimate of drug-likeness (QED) is 0.898. The monoisotopic (exact) mass is 350 g/mol. The maximum Gasteiger partial charge on any atom is 0.260 e. The van der Waals surface area contributed by atoms with Crippen molar-refractivity contribution in [2.45, 2.75) is 43.8 Å². The van der Waals surface area contributed by atoms with Gasteiger partial charge in [-0.15, -0.1) is 0 Å². The first-order chi connectivity index (χ1) is 12.7. The van der Waals surface area contributed by atoms with Crippen LogP contribution in [0.5, 0.6) is 5.75 Å². The van der Waals surface area contributed by atoms with Crippen molar-refractivity contribution in [1.82, 2.24) is 10.2 Å². The molecule has 0 aromatic heterocycles. The SMILES string of the molecule is CN(C(=O)COc1ccccc1-c1ccccc1)C1CC2CCC(C1)N2. The summed E-state index contributed by atoms with van der Waals surface area (Å²) in [5.74, 6) is 0.810. The third-order valence-corrected chi connectivity index (χ3v) is 5.71. The van der Waals surface area contributed by atoms with Gasteiger partial charge in [0.1, 0.15) is 5.75 Å². The van der Waals surface area contributed by atoms with E-state index in [1.54, 1.807) is 0 Å². The number of nitrogens with one attached hydrogen (secondary N) is 1. The number of likely N-dealkylation sites (N-methyl/N-ethyl adjacent to an activating group) is 1. The van der Waals surface area contributed by atoms with Gasteiger partial charge in [0.2, 0.25) is 0 Å². The van der Waals surface area contributed by atoms with Crippen LogP contribution >= 0.6 is 0 Å². The first-order valence-corrected chi connectivity index (χ1v) is 9.49. The highest BCUT2D eigenvalue weighted by Gasteiger charge is 2.36. The van der Waals surface area contributed by atoms with Gasteiger partial charge in [-0.2, -0.15) is 0 Å². The lowest BCUT2D eigenvalue weighted by Gasteiger charge is -2.35. The van der Waals surface area contributed by atoms with Gasteiger partial charge in [-0.05, 0) is 37.3 Å². The Morgan fingerprint density at radius 2 is 1.69 bits per heavy atom. The van der Waals surface area contributed by atoms with E-state index >= 15 is 0 Å². The van der Waals surface area contributed by atoms with Crippen molar-refractivity contribution >= 4 is 5.91 Å². The molecule has 4 nitrogen and oxygen atoms in total. The van der Waals surface area contributed by atoms with E-state index in [0.29, 0.717) is 18.1 Å². The fraction of sp³-hybridized carbons (Fsp3) is 0.409. The zero-order valence-electron chi connectivity index (χ0n) is 15.2. The number of hydrogen-bond acceptors (Lipinski definition) is 3. The summed E-state index contributed by atoms with van der Waals surface area (Å²) in [5, 5.41) is 3.63. The summed E-state index contributed by atoms with van der Waals surface area (Å²) in [6.07, 6.45) is 4.59. The van der Waals surface area contributed by atoms with Gasteiger partial charge in [-0.3, -0.25) is 4.79 Å². The first kappa shape index (κ1) is 17.1. The van der Waals surface area contributed by atoms with Crippen molar-refractivity contribution in [2.24, 2.45) is 0 Å². The van der Waals surface area contributed by atoms with Crippen LogP contribution in [0.3, 0.4) is 0 Å². The van der Waals surface area contributed by atoms with Crippen LogP contribution in [0.15, 0.2) is 54.6 Å². The van der Waals surface area contributed by atoms with Gasteiger partial charge in [0.05, 0.1) is 0 Å². The van der Waals surface area contributed by atoms with Crippen LogP contribution in [0.4, 0.5) is 0 Å². The normalized spacial score (nSPS) is 24.3. The summed E-state index contributed by atoms with van der Waals surface area (Å²) in [5.41, 5.74) is 2.11. The average molecular weight is 350 g/mol. The molecule has 0 radical (unpaired) electrons. The standard InChI is InChI=1S/C22H26N2O2/c1-24(19-13-17-11-12-18(14-19)23-17)22(25)15-26-21-10-6-5-9-20(21)16-7-3-2-4-8-16/h2-10,17-19,23H,11-15H2,1H3. The predicted octanol–water partition coefficient (Wildman–Crippen LogP) is 3.47. The summed E-state index contributed by atoms with van der Waals surface area (Å²) < 4.78 is 5.93. The molecule has 2 saturated heterocycles. The number of benzene rings is 2. The molecule has 0 spiro atoms. The van der Waals surface area contributed by atoms with E-state index in [-0.39, 0.29) is 12.5 Å². The molecule has 2 aromatic rings. The molecule has 2 fully saturated rings. The molecule has 2 atom stereocenters. The highest BCUT2D eigenvalue weighted by molar-refractivity contribution is 5.78. The summed E-state index contributed by atoms with van der Waals surface area (Å²) in [6.45, 7) is 0.0829. The van der Waals surface area contributed by atoms with Crippen LogP contribution in [0, 0.1) is 0 Å². The van der Waals surface area contributed by atoms with Crippen molar-refractivity contribution in [1.29, 1.82) is 0 Å². The maximum atomic E-state index is 12.7. The number of nitrogens with zero attached hydrogens (tertiary/aromatic N) is 1. The Morgan fingerprint density at radius 3 is 2.42 bits per heavy atom.